The molecule has 0 heterocycles. The number of nitrogens with zero attached hydrogens (tertiary/aromatic N) is 1. The molecule has 3 nitrogen and oxygen atoms in total. The van der Waals surface area contributed by atoms with Crippen LogP contribution >= 0.6 is 0 Å². The third-order valence-electron chi connectivity index (χ3n) is 4.67. The van der Waals surface area contributed by atoms with Gasteiger partial charge in [0.2, 0.25) is 0 Å². The van der Waals surface area contributed by atoms with Crippen molar-refractivity contribution in [2.75, 3.05) is 18.6 Å². The van der Waals surface area contributed by atoms with E-state index in [0.29, 0.717) is 0 Å². The molecule has 0 spiro atoms. The molecule has 0 bridgehead atoms. The van der Waals surface area contributed by atoms with Crippen molar-refractivity contribution in [3.05, 3.63) is 90.0 Å². The van der Waals surface area contributed by atoms with Gasteiger partial charge in [0.1, 0.15) is 11.5 Å². The molecule has 0 N–H and O–H groups in total. The minimum Gasteiger partial charge on any atom is -0.497 e. The summed E-state index contributed by atoms with van der Waals surface area (Å²) in [6, 6.07) is 26.8. The third kappa shape index (κ3) is 4.82. The van der Waals surface area contributed by atoms with Crippen LogP contribution in [0.2, 0.25) is 0 Å². The second kappa shape index (κ2) is 9.13. The fourth-order valence-corrected chi connectivity index (χ4v) is 3.27. The predicted octanol–water partition coefficient (Wildman–Crippen LogP) is 5.54. The van der Waals surface area contributed by atoms with E-state index in [1.165, 1.54) is 11.1 Å². The van der Waals surface area contributed by atoms with Gasteiger partial charge in [-0.1, -0.05) is 54.6 Å². The molecule has 3 heteroatoms. The summed E-state index contributed by atoms with van der Waals surface area (Å²) in [6.07, 6.45) is 0.758. The summed E-state index contributed by atoms with van der Waals surface area (Å²) in [5, 5.41) is 0. The highest BCUT2D eigenvalue weighted by molar-refractivity contribution is 5.51. The summed E-state index contributed by atoms with van der Waals surface area (Å²) in [5.41, 5.74) is 3.56. The van der Waals surface area contributed by atoms with E-state index in [-0.39, 0.29) is 6.23 Å². The Morgan fingerprint density at radius 1 is 0.889 bits per heavy atom. The van der Waals surface area contributed by atoms with Crippen LogP contribution in [0.3, 0.4) is 0 Å². The highest BCUT2D eigenvalue weighted by Crippen LogP contribution is 2.27. The van der Waals surface area contributed by atoms with Crippen LogP contribution in [0.5, 0.6) is 11.5 Å². The molecule has 0 aliphatic heterocycles. The molecule has 1 atom stereocenters. The van der Waals surface area contributed by atoms with Gasteiger partial charge in [-0.3, -0.25) is 0 Å². The van der Waals surface area contributed by atoms with Crippen molar-refractivity contribution >= 4 is 5.69 Å². The number of para-hydroxylation sites is 1. The van der Waals surface area contributed by atoms with E-state index in [0.717, 1.165) is 30.2 Å². The van der Waals surface area contributed by atoms with Crippen LogP contribution in [0, 0.1) is 0 Å². The van der Waals surface area contributed by atoms with E-state index in [1.54, 1.807) is 7.11 Å². The quantitative estimate of drug-likeness (QED) is 0.492. The highest BCUT2D eigenvalue weighted by Gasteiger charge is 2.16. The molecule has 140 valence electrons. The molecule has 27 heavy (non-hydrogen) atoms. The van der Waals surface area contributed by atoms with Crippen molar-refractivity contribution in [2.24, 2.45) is 0 Å². The standard InChI is InChI=1S/C24H27NO2/c1-4-25(22-14-10-15-23(18-22)26-3)19(2)27-24-16-9-8-13-21(24)17-20-11-6-5-7-12-20/h5-16,18-19H,4,17H2,1-3H3. The molecule has 0 aromatic heterocycles. The van der Waals surface area contributed by atoms with E-state index in [4.69, 9.17) is 9.47 Å². The normalized spacial score (nSPS) is 11.7. The van der Waals surface area contributed by atoms with Gasteiger partial charge in [-0.05, 0) is 43.2 Å². The van der Waals surface area contributed by atoms with Crippen molar-refractivity contribution in [3.63, 3.8) is 0 Å². The maximum Gasteiger partial charge on any atom is 0.169 e. The number of benzene rings is 3. The Bertz CT molecular complexity index is 848. The largest absolute Gasteiger partial charge is 0.497 e. The monoisotopic (exact) mass is 361 g/mol. The van der Waals surface area contributed by atoms with Crippen LogP contribution in [-0.2, 0) is 6.42 Å². The van der Waals surface area contributed by atoms with Crippen LogP contribution < -0.4 is 14.4 Å². The average molecular weight is 361 g/mol. The van der Waals surface area contributed by atoms with Gasteiger partial charge in [0.25, 0.3) is 0 Å². The summed E-state index contributed by atoms with van der Waals surface area (Å²) >= 11 is 0. The van der Waals surface area contributed by atoms with E-state index in [1.807, 2.05) is 36.4 Å². The highest BCUT2D eigenvalue weighted by atomic mass is 16.5. The lowest BCUT2D eigenvalue weighted by atomic mass is 10.0. The number of hydrogen-bond donors (Lipinski definition) is 0. The van der Waals surface area contributed by atoms with Crippen LogP contribution in [0.25, 0.3) is 0 Å². The van der Waals surface area contributed by atoms with Crippen molar-refractivity contribution in [1.82, 2.24) is 0 Å². The van der Waals surface area contributed by atoms with Gasteiger partial charge in [-0.2, -0.15) is 0 Å². The number of anilines is 1. The molecule has 3 aromatic carbocycles. The minimum atomic E-state index is -0.0981. The Hall–Kier alpha value is -2.94. The van der Waals surface area contributed by atoms with E-state index in [2.05, 4.69) is 61.2 Å². The second-order valence-electron chi connectivity index (χ2n) is 6.47. The Morgan fingerprint density at radius 2 is 1.63 bits per heavy atom. The molecule has 1 unspecified atom stereocenters. The second-order valence-corrected chi connectivity index (χ2v) is 6.47. The van der Waals surface area contributed by atoms with Gasteiger partial charge in [-0.15, -0.1) is 0 Å². The summed E-state index contributed by atoms with van der Waals surface area (Å²) in [7, 11) is 1.69. The van der Waals surface area contributed by atoms with Gasteiger partial charge in [-0.25, -0.2) is 0 Å². The van der Waals surface area contributed by atoms with Crippen LogP contribution in [0.1, 0.15) is 25.0 Å². The van der Waals surface area contributed by atoms with Crippen molar-refractivity contribution in [2.45, 2.75) is 26.5 Å². The first-order valence-electron chi connectivity index (χ1n) is 9.40. The van der Waals surface area contributed by atoms with E-state index >= 15 is 0 Å². The summed E-state index contributed by atoms with van der Waals surface area (Å²) in [4.78, 5) is 2.22. The molecule has 3 aromatic rings. The average Bonchev–Trinajstić information content (AvgIpc) is 2.71. The lowest BCUT2D eigenvalue weighted by Gasteiger charge is -2.31. The Kier molecular flexibility index (Phi) is 6.37. The molecule has 0 fully saturated rings. The number of methoxy groups -OCH3 is 1. The fraction of sp³-hybridized carbons (Fsp3) is 0.250. The van der Waals surface area contributed by atoms with Gasteiger partial charge in [0.15, 0.2) is 6.23 Å². The molecule has 0 amide bonds. The van der Waals surface area contributed by atoms with Crippen LogP contribution in [-0.4, -0.2) is 19.9 Å². The predicted molar refractivity (Wildman–Crippen MR) is 112 cm³/mol. The van der Waals surface area contributed by atoms with Crippen molar-refractivity contribution in [3.8, 4) is 11.5 Å². The number of hydrogen-bond acceptors (Lipinski definition) is 3. The van der Waals surface area contributed by atoms with Crippen LogP contribution in [0.15, 0.2) is 78.9 Å². The molecule has 3 rings (SSSR count). The zero-order valence-corrected chi connectivity index (χ0v) is 16.3. The topological polar surface area (TPSA) is 21.7 Å². The van der Waals surface area contributed by atoms with Crippen molar-refractivity contribution < 1.29 is 9.47 Å². The van der Waals surface area contributed by atoms with Gasteiger partial charge < -0.3 is 14.4 Å². The molecule has 0 saturated carbocycles. The molecule has 0 aliphatic carbocycles. The zero-order valence-electron chi connectivity index (χ0n) is 16.3. The first kappa shape index (κ1) is 18.8. The third-order valence-corrected chi connectivity index (χ3v) is 4.67. The molecule has 0 aliphatic rings. The Balaban J connectivity index is 1.79. The van der Waals surface area contributed by atoms with Crippen LogP contribution in [0.4, 0.5) is 5.69 Å². The minimum absolute atomic E-state index is 0.0981. The van der Waals surface area contributed by atoms with Gasteiger partial charge >= 0.3 is 0 Å². The number of ether oxygens (including phenoxy) is 2. The fourth-order valence-electron chi connectivity index (χ4n) is 3.27. The van der Waals surface area contributed by atoms with Gasteiger partial charge in [0, 0.05) is 24.7 Å². The van der Waals surface area contributed by atoms with E-state index < -0.39 is 0 Å². The first-order chi connectivity index (χ1) is 13.2. The maximum absolute atomic E-state index is 6.38. The first-order valence-corrected chi connectivity index (χ1v) is 9.40. The SMILES string of the molecule is CCN(c1cccc(OC)c1)C(C)Oc1ccccc1Cc1ccccc1. The smallest absolute Gasteiger partial charge is 0.169 e. The Morgan fingerprint density at radius 3 is 2.37 bits per heavy atom. The van der Waals surface area contributed by atoms with E-state index in [9.17, 15) is 0 Å². The zero-order chi connectivity index (χ0) is 19.1. The van der Waals surface area contributed by atoms with Crippen molar-refractivity contribution in [1.29, 1.82) is 0 Å². The molecule has 0 saturated heterocycles. The Labute approximate surface area is 162 Å². The summed E-state index contributed by atoms with van der Waals surface area (Å²) in [6.45, 7) is 5.06. The lowest BCUT2D eigenvalue weighted by molar-refractivity contribution is 0.214. The lowest BCUT2D eigenvalue weighted by Crippen LogP contribution is -2.37. The summed E-state index contributed by atoms with van der Waals surface area (Å²) < 4.78 is 11.7. The number of rotatable bonds is 8. The molecular formula is C24H27NO2. The summed E-state index contributed by atoms with van der Waals surface area (Å²) in [5.74, 6) is 1.78. The molecule has 0 radical (unpaired) electrons. The maximum atomic E-state index is 6.38. The molecular weight excluding hydrogens is 334 g/mol. The van der Waals surface area contributed by atoms with Gasteiger partial charge in [0.05, 0.1) is 7.11 Å².